The first kappa shape index (κ1) is 20.8. The summed E-state index contributed by atoms with van der Waals surface area (Å²) >= 11 is -3.16. The van der Waals surface area contributed by atoms with Crippen molar-refractivity contribution < 1.29 is 17.1 Å². The summed E-state index contributed by atoms with van der Waals surface area (Å²) in [5, 5.41) is 0. The maximum atomic E-state index is 5.32. The van der Waals surface area contributed by atoms with Crippen LogP contribution >= 0.6 is 0 Å². The molecule has 2 unspecified atom stereocenters. The number of allylic oxidation sites excluding steroid dienone is 2. The van der Waals surface area contributed by atoms with E-state index in [-0.39, 0.29) is 7.69 Å². The van der Waals surface area contributed by atoms with Crippen LogP contribution < -0.4 is 0 Å². The van der Waals surface area contributed by atoms with Crippen molar-refractivity contribution in [1.29, 1.82) is 0 Å². The van der Waals surface area contributed by atoms with Gasteiger partial charge >= 0.3 is 159 Å². The van der Waals surface area contributed by atoms with Crippen molar-refractivity contribution in [3.63, 3.8) is 0 Å². The van der Waals surface area contributed by atoms with Crippen LogP contribution in [0.4, 0.5) is 0 Å². The summed E-state index contributed by atoms with van der Waals surface area (Å²) in [5.41, 5.74) is 7.89. The fourth-order valence-corrected chi connectivity index (χ4v) is 17.0. The van der Waals surface area contributed by atoms with Crippen LogP contribution in [0.15, 0.2) is 32.3 Å². The predicted molar refractivity (Wildman–Crippen MR) is 107 cm³/mol. The van der Waals surface area contributed by atoms with Crippen molar-refractivity contribution in [2.45, 2.75) is 63.1 Å². The normalized spacial score (nSPS) is 30.8. The third kappa shape index (κ3) is 2.37. The summed E-state index contributed by atoms with van der Waals surface area (Å²) in [6, 6.07) is 0. The molecule has 5 heteroatoms. The molecule has 2 atom stereocenters. The van der Waals surface area contributed by atoms with Crippen LogP contribution in [0.3, 0.4) is 0 Å². The molecule has 0 N–H and O–H groups in total. The Morgan fingerprint density at radius 3 is 1.08 bits per heavy atom. The van der Waals surface area contributed by atoms with E-state index in [0.29, 0.717) is 0 Å². The Hall–Kier alpha value is -0.546. The quantitative estimate of drug-likeness (QED) is 0.686. The van der Waals surface area contributed by atoms with E-state index >= 15 is 0 Å². The van der Waals surface area contributed by atoms with E-state index in [2.05, 4.69) is 90.3 Å². The second-order valence-corrected chi connectivity index (χ2v) is 16.4. The van der Waals surface area contributed by atoms with Crippen molar-refractivity contribution in [2.75, 3.05) is 28.2 Å². The molecule has 0 aliphatic carbocycles. The van der Waals surface area contributed by atoms with Crippen LogP contribution in [0.5, 0.6) is 0 Å². The van der Waals surface area contributed by atoms with Crippen LogP contribution in [0.2, 0.25) is 0 Å². The monoisotopic (exact) mass is 380 g/mol. The van der Waals surface area contributed by atoms with Crippen molar-refractivity contribution in [2.24, 2.45) is 9.98 Å². The van der Waals surface area contributed by atoms with Crippen LogP contribution in [0.1, 0.15) is 55.4 Å². The minimum atomic E-state index is -3.16. The molecule has 0 radical (unpaired) electrons. The molecule has 2 heterocycles. The molecule has 0 amide bonds. The summed E-state index contributed by atoms with van der Waals surface area (Å²) in [5.74, 6) is 0. The molecule has 2 aliphatic rings. The van der Waals surface area contributed by atoms with Gasteiger partial charge in [-0.05, 0) is 0 Å². The molecule has 0 aromatic rings. The average molecular weight is 380 g/mol. The zero-order valence-corrected chi connectivity index (χ0v) is 19.9. The summed E-state index contributed by atoms with van der Waals surface area (Å²) in [6.45, 7) is 18.0. The van der Waals surface area contributed by atoms with Crippen LogP contribution in [0.25, 0.3) is 0 Å². The fraction of sp³-hybridized carbons (Fsp3) is 0.700. The molecule has 2 aliphatic heterocycles. The SMILES string of the molecule is CC1=N[C](C)([Ti]([N](C)C)([N](C)C)[C]2(C)N=C(C)C(C)=C2C)C(C)=C1C. The summed E-state index contributed by atoms with van der Waals surface area (Å²) < 4.78 is 4.62. The maximum absolute atomic E-state index is 5.32. The molecule has 0 saturated carbocycles. The number of hydrogen-bond donors (Lipinski definition) is 0. The molecule has 2 rings (SSSR count). The number of hydrogen-bond acceptors (Lipinski definition) is 4. The van der Waals surface area contributed by atoms with Gasteiger partial charge in [-0.25, -0.2) is 0 Å². The van der Waals surface area contributed by atoms with Gasteiger partial charge in [0.2, 0.25) is 0 Å². The minimum absolute atomic E-state index is 0.203. The molecule has 4 nitrogen and oxygen atoms in total. The van der Waals surface area contributed by atoms with Crippen molar-refractivity contribution in [3.05, 3.63) is 22.3 Å². The molecule has 25 heavy (non-hydrogen) atoms. The van der Waals surface area contributed by atoms with Gasteiger partial charge in [-0.2, -0.15) is 0 Å². The second-order valence-electron chi connectivity index (χ2n) is 8.50. The average Bonchev–Trinajstić information content (AvgIpc) is 2.80. The Morgan fingerprint density at radius 1 is 0.640 bits per heavy atom. The third-order valence-corrected chi connectivity index (χ3v) is 16.9. The fourth-order valence-electron chi connectivity index (χ4n) is 5.57. The van der Waals surface area contributed by atoms with E-state index in [0.717, 1.165) is 0 Å². The van der Waals surface area contributed by atoms with E-state index < -0.39 is 17.1 Å². The number of nitrogens with zero attached hydrogens (tertiary/aromatic N) is 4. The number of rotatable bonds is 4. The molecule has 140 valence electrons. The molecule has 0 aromatic heterocycles. The Bertz CT molecular complexity index is 664. The molecule has 0 fully saturated rings. The second kappa shape index (κ2) is 6.26. The number of aliphatic imine (C=N–C) groups is 2. The van der Waals surface area contributed by atoms with Gasteiger partial charge in [-0.15, -0.1) is 0 Å². The van der Waals surface area contributed by atoms with Crippen molar-refractivity contribution >= 4 is 11.4 Å². The van der Waals surface area contributed by atoms with Crippen LogP contribution in [0, 0.1) is 0 Å². The van der Waals surface area contributed by atoms with Gasteiger partial charge in [0.1, 0.15) is 0 Å². The summed E-state index contributed by atoms with van der Waals surface area (Å²) in [6.07, 6.45) is 0. The third-order valence-electron chi connectivity index (χ3n) is 7.11. The molecule has 0 aromatic carbocycles. The van der Waals surface area contributed by atoms with Gasteiger partial charge in [0, 0.05) is 0 Å². The first-order chi connectivity index (χ1) is 11.3. The van der Waals surface area contributed by atoms with E-state index in [1.165, 1.54) is 33.7 Å². The van der Waals surface area contributed by atoms with Gasteiger partial charge in [0.05, 0.1) is 0 Å². The molecule has 0 spiro atoms. The van der Waals surface area contributed by atoms with Gasteiger partial charge < -0.3 is 0 Å². The zero-order chi connectivity index (χ0) is 19.5. The molecule has 0 bridgehead atoms. The summed E-state index contributed by atoms with van der Waals surface area (Å²) in [7, 11) is 8.98. The van der Waals surface area contributed by atoms with Crippen LogP contribution in [-0.2, 0) is 17.1 Å². The summed E-state index contributed by atoms with van der Waals surface area (Å²) in [4.78, 5) is 10.6. The van der Waals surface area contributed by atoms with E-state index in [1.807, 2.05) is 0 Å². The van der Waals surface area contributed by atoms with E-state index in [4.69, 9.17) is 9.98 Å². The molecule has 0 saturated heterocycles. The van der Waals surface area contributed by atoms with Gasteiger partial charge in [0.25, 0.3) is 0 Å². The Kier molecular flexibility index (Phi) is 5.20. The van der Waals surface area contributed by atoms with Crippen molar-refractivity contribution in [1.82, 2.24) is 6.76 Å². The Labute approximate surface area is 158 Å². The molecular formula is C20H36N4Ti. The standard InChI is InChI=1S/2C8H12N.2C2H6N.Ti/c2*1-5-6(2)8(4)9-7(5)3;2*1-3-2;/h2*1-4H3;2*1-2H3;/q;;2*-1;+2. The first-order valence-corrected chi connectivity index (χ1v) is 12.1. The van der Waals surface area contributed by atoms with E-state index in [9.17, 15) is 0 Å². The first-order valence-electron chi connectivity index (χ1n) is 9.13. The Balaban J connectivity index is 2.94. The van der Waals surface area contributed by atoms with Gasteiger partial charge in [-0.3, -0.25) is 0 Å². The van der Waals surface area contributed by atoms with Crippen LogP contribution in [-0.4, -0.2) is 54.1 Å². The van der Waals surface area contributed by atoms with Crippen molar-refractivity contribution in [3.8, 4) is 0 Å². The predicted octanol–water partition coefficient (Wildman–Crippen LogP) is 4.15. The Morgan fingerprint density at radius 2 is 0.920 bits per heavy atom. The zero-order valence-electron chi connectivity index (χ0n) is 18.3. The molecular weight excluding hydrogens is 344 g/mol. The van der Waals surface area contributed by atoms with Gasteiger partial charge in [-0.1, -0.05) is 0 Å². The van der Waals surface area contributed by atoms with Gasteiger partial charge in [0.15, 0.2) is 0 Å². The topological polar surface area (TPSA) is 31.2 Å². The van der Waals surface area contributed by atoms with E-state index in [1.54, 1.807) is 0 Å².